The van der Waals surface area contributed by atoms with E-state index in [4.69, 9.17) is 4.74 Å². The maximum atomic E-state index is 11.6. The summed E-state index contributed by atoms with van der Waals surface area (Å²) in [5.74, 6) is 1.93. The smallest absolute Gasteiger partial charge is 0.204 e. The molecule has 0 heterocycles. The van der Waals surface area contributed by atoms with Crippen molar-refractivity contribution in [1.82, 2.24) is 0 Å². The summed E-state index contributed by atoms with van der Waals surface area (Å²) >= 11 is 0. The van der Waals surface area contributed by atoms with Gasteiger partial charge in [-0.1, -0.05) is 30.3 Å². The van der Waals surface area contributed by atoms with Gasteiger partial charge < -0.3 is 9.63 Å². The Kier molecular flexibility index (Phi) is 6.64. The first-order valence-corrected chi connectivity index (χ1v) is 10.3. The SMILES string of the molecule is O=P(O)(CP)CCCCc1cccc(Oc2ccccc2)c1. The minimum atomic E-state index is -2.91. The number of hydrogen-bond acceptors (Lipinski definition) is 2. The van der Waals surface area contributed by atoms with Crippen molar-refractivity contribution in [2.45, 2.75) is 19.3 Å². The predicted molar refractivity (Wildman–Crippen MR) is 95.2 cm³/mol. The summed E-state index contributed by atoms with van der Waals surface area (Å²) in [5, 5.41) is 0. The number of rotatable bonds is 8. The quantitative estimate of drug-likeness (QED) is 0.551. The lowest BCUT2D eigenvalue weighted by Crippen LogP contribution is -1.93. The van der Waals surface area contributed by atoms with Crippen molar-refractivity contribution >= 4 is 16.6 Å². The molecule has 0 fully saturated rings. The van der Waals surface area contributed by atoms with Crippen LogP contribution >= 0.6 is 16.6 Å². The third-order valence-corrected chi connectivity index (χ3v) is 6.68. The van der Waals surface area contributed by atoms with Crippen LogP contribution in [0, 0.1) is 0 Å². The number of hydrogen-bond donors (Lipinski definition) is 1. The Labute approximate surface area is 134 Å². The van der Waals surface area contributed by atoms with Crippen LogP contribution in [0.2, 0.25) is 0 Å². The molecule has 2 rings (SSSR count). The van der Waals surface area contributed by atoms with Gasteiger partial charge in [0.25, 0.3) is 0 Å². The van der Waals surface area contributed by atoms with Crippen LogP contribution in [0.15, 0.2) is 54.6 Å². The molecule has 5 heteroatoms. The van der Waals surface area contributed by atoms with E-state index in [9.17, 15) is 9.46 Å². The van der Waals surface area contributed by atoms with E-state index in [-0.39, 0.29) is 5.90 Å². The van der Waals surface area contributed by atoms with E-state index in [1.807, 2.05) is 48.5 Å². The fourth-order valence-electron chi connectivity index (χ4n) is 2.17. The first-order valence-electron chi connectivity index (χ1n) is 7.42. The Morgan fingerprint density at radius 3 is 2.45 bits per heavy atom. The maximum absolute atomic E-state index is 11.6. The topological polar surface area (TPSA) is 46.5 Å². The van der Waals surface area contributed by atoms with Crippen LogP contribution in [-0.2, 0) is 11.0 Å². The first-order chi connectivity index (χ1) is 10.6. The van der Waals surface area contributed by atoms with E-state index >= 15 is 0 Å². The molecule has 3 nitrogen and oxygen atoms in total. The summed E-state index contributed by atoms with van der Waals surface area (Å²) in [6, 6.07) is 17.7. The Morgan fingerprint density at radius 1 is 1.00 bits per heavy atom. The fourth-order valence-corrected chi connectivity index (χ4v) is 3.62. The molecule has 0 bridgehead atoms. The lowest BCUT2D eigenvalue weighted by molar-refractivity contribution is 0.479. The molecule has 0 saturated heterocycles. The van der Waals surface area contributed by atoms with Crippen LogP contribution in [0.1, 0.15) is 18.4 Å². The van der Waals surface area contributed by atoms with Crippen LogP contribution in [0.4, 0.5) is 0 Å². The highest BCUT2D eigenvalue weighted by Crippen LogP contribution is 2.43. The van der Waals surface area contributed by atoms with Crippen molar-refractivity contribution < 1.29 is 14.2 Å². The Hall–Kier alpha value is -1.14. The predicted octanol–water partition coefficient (Wildman–Crippen LogP) is 4.90. The molecule has 0 radical (unpaired) electrons. The van der Waals surface area contributed by atoms with Crippen molar-refractivity contribution in [2.75, 3.05) is 12.1 Å². The monoisotopic (exact) mass is 336 g/mol. The van der Waals surface area contributed by atoms with Gasteiger partial charge in [-0.05, 0) is 49.1 Å². The fraction of sp³-hybridized carbons (Fsp3) is 0.294. The third kappa shape index (κ3) is 5.93. The Bertz CT molecular complexity index is 629. The van der Waals surface area contributed by atoms with E-state index in [2.05, 4.69) is 15.3 Å². The van der Waals surface area contributed by atoms with E-state index in [0.29, 0.717) is 6.16 Å². The normalized spacial score (nSPS) is 13.5. The van der Waals surface area contributed by atoms with E-state index < -0.39 is 7.37 Å². The van der Waals surface area contributed by atoms with Gasteiger partial charge in [0.1, 0.15) is 11.5 Å². The Balaban J connectivity index is 1.85. The lowest BCUT2D eigenvalue weighted by Gasteiger charge is -2.09. The minimum absolute atomic E-state index is 0.285. The van der Waals surface area contributed by atoms with Crippen LogP contribution in [0.25, 0.3) is 0 Å². The number of benzene rings is 2. The van der Waals surface area contributed by atoms with E-state index in [1.165, 1.54) is 5.56 Å². The highest BCUT2D eigenvalue weighted by Gasteiger charge is 2.13. The van der Waals surface area contributed by atoms with Crippen molar-refractivity contribution in [3.05, 3.63) is 60.2 Å². The zero-order valence-corrected chi connectivity index (χ0v) is 14.6. The van der Waals surface area contributed by atoms with Gasteiger partial charge in [0.2, 0.25) is 7.37 Å². The minimum Gasteiger partial charge on any atom is -0.457 e. The van der Waals surface area contributed by atoms with E-state index in [1.54, 1.807) is 0 Å². The molecule has 2 aromatic carbocycles. The van der Waals surface area contributed by atoms with Crippen LogP contribution < -0.4 is 4.74 Å². The molecule has 0 aromatic heterocycles. The summed E-state index contributed by atoms with van der Waals surface area (Å²) in [4.78, 5) is 9.54. The molecular weight excluding hydrogens is 314 g/mol. The molecule has 1 N–H and O–H groups in total. The van der Waals surface area contributed by atoms with Gasteiger partial charge in [-0.15, -0.1) is 9.24 Å². The van der Waals surface area contributed by atoms with Crippen LogP contribution in [0.5, 0.6) is 11.5 Å². The van der Waals surface area contributed by atoms with Crippen molar-refractivity contribution in [1.29, 1.82) is 0 Å². The summed E-state index contributed by atoms with van der Waals surface area (Å²) < 4.78 is 17.4. The molecular formula is C17H22O3P2. The average molecular weight is 336 g/mol. The second-order valence-electron chi connectivity index (χ2n) is 5.27. The summed E-state index contributed by atoms with van der Waals surface area (Å²) in [6.45, 7) is 0. The Morgan fingerprint density at radius 2 is 1.73 bits per heavy atom. The zero-order valence-electron chi connectivity index (χ0n) is 12.5. The van der Waals surface area contributed by atoms with Crippen LogP contribution in [0.3, 0.4) is 0 Å². The summed E-state index contributed by atoms with van der Waals surface area (Å²) in [6.07, 6.45) is 2.97. The molecule has 2 atom stereocenters. The zero-order chi connectivity index (χ0) is 15.8. The molecule has 22 heavy (non-hydrogen) atoms. The van der Waals surface area contributed by atoms with Crippen LogP contribution in [-0.4, -0.2) is 17.0 Å². The van der Waals surface area contributed by atoms with Gasteiger partial charge in [0, 0.05) is 12.1 Å². The second-order valence-corrected chi connectivity index (χ2v) is 8.87. The number of para-hydroxylation sites is 1. The number of aryl methyl sites for hydroxylation is 1. The van der Waals surface area contributed by atoms with Gasteiger partial charge in [-0.2, -0.15) is 0 Å². The van der Waals surface area contributed by atoms with Crippen molar-refractivity contribution in [3.8, 4) is 11.5 Å². The van der Waals surface area contributed by atoms with Gasteiger partial charge >= 0.3 is 0 Å². The molecule has 0 aliphatic carbocycles. The molecule has 0 aliphatic heterocycles. The second kappa shape index (κ2) is 8.48. The highest BCUT2D eigenvalue weighted by atomic mass is 31.2. The third-order valence-electron chi connectivity index (χ3n) is 3.39. The molecule has 118 valence electrons. The maximum Gasteiger partial charge on any atom is 0.204 e. The van der Waals surface area contributed by atoms with Crippen molar-refractivity contribution in [3.63, 3.8) is 0 Å². The summed E-state index contributed by atoms with van der Waals surface area (Å²) in [5.41, 5.74) is 1.19. The highest BCUT2D eigenvalue weighted by molar-refractivity contribution is 7.64. The largest absolute Gasteiger partial charge is 0.457 e. The lowest BCUT2D eigenvalue weighted by atomic mass is 10.1. The van der Waals surface area contributed by atoms with Gasteiger partial charge in [0.15, 0.2) is 0 Å². The molecule has 0 aliphatic rings. The van der Waals surface area contributed by atoms with E-state index in [0.717, 1.165) is 30.8 Å². The van der Waals surface area contributed by atoms with Gasteiger partial charge in [-0.25, -0.2) is 0 Å². The molecule has 0 spiro atoms. The standard InChI is InChI=1S/C17H22O3P2/c18-22(19,14-21)12-5-4-7-15-8-6-11-17(13-15)20-16-9-2-1-3-10-16/h1-3,6,8-11,13H,4-5,7,12,14,21H2,(H,18,19). The van der Waals surface area contributed by atoms with Gasteiger partial charge in [-0.3, -0.25) is 4.57 Å². The van der Waals surface area contributed by atoms with Gasteiger partial charge in [0.05, 0.1) is 0 Å². The number of ether oxygens (including phenoxy) is 1. The first kappa shape index (κ1) is 17.2. The average Bonchev–Trinajstić information content (AvgIpc) is 2.53. The summed E-state index contributed by atoms with van der Waals surface area (Å²) in [7, 11) is -0.560. The number of unbranched alkanes of at least 4 members (excludes halogenated alkanes) is 1. The molecule has 0 saturated carbocycles. The van der Waals surface area contributed by atoms with Crippen molar-refractivity contribution in [2.24, 2.45) is 0 Å². The molecule has 0 amide bonds. The molecule has 2 unspecified atom stereocenters. The molecule has 2 aromatic rings.